The first-order valence-corrected chi connectivity index (χ1v) is 7.80. The van der Waals surface area contributed by atoms with E-state index in [9.17, 15) is 4.21 Å². The summed E-state index contributed by atoms with van der Waals surface area (Å²) in [6.45, 7) is 2.90. The van der Waals surface area contributed by atoms with Crippen molar-refractivity contribution >= 4 is 10.8 Å². The van der Waals surface area contributed by atoms with Gasteiger partial charge in [-0.3, -0.25) is 13.8 Å². The first-order chi connectivity index (χ1) is 9.33. The van der Waals surface area contributed by atoms with Crippen LogP contribution in [0.15, 0.2) is 53.7 Å². The Morgan fingerprint density at radius 3 is 2.68 bits per heavy atom. The molecule has 1 aliphatic rings. The van der Waals surface area contributed by atoms with Gasteiger partial charge in [-0.2, -0.15) is 5.10 Å². The van der Waals surface area contributed by atoms with Gasteiger partial charge in [0.25, 0.3) is 0 Å². The highest BCUT2D eigenvalue weighted by molar-refractivity contribution is 7.85. The second-order valence-corrected chi connectivity index (χ2v) is 6.33. The van der Waals surface area contributed by atoms with E-state index in [0.29, 0.717) is 11.8 Å². The molecular formula is C14H17N3OS. The van der Waals surface area contributed by atoms with Gasteiger partial charge in [-0.1, -0.05) is 18.2 Å². The van der Waals surface area contributed by atoms with Crippen LogP contribution >= 0.6 is 0 Å². The topological polar surface area (TPSA) is 38.1 Å². The lowest BCUT2D eigenvalue weighted by molar-refractivity contribution is 0.106. The van der Waals surface area contributed by atoms with Crippen molar-refractivity contribution in [1.82, 2.24) is 14.7 Å². The zero-order chi connectivity index (χ0) is 13.1. The molecule has 1 fully saturated rings. The molecule has 0 saturated carbocycles. The normalized spacial score (nSPS) is 18.1. The van der Waals surface area contributed by atoms with Crippen LogP contribution < -0.4 is 0 Å². The van der Waals surface area contributed by atoms with E-state index in [0.717, 1.165) is 24.5 Å². The Labute approximate surface area is 115 Å². The Hall–Kier alpha value is -1.46. The van der Waals surface area contributed by atoms with Crippen molar-refractivity contribution in [3.8, 4) is 0 Å². The van der Waals surface area contributed by atoms with Gasteiger partial charge in [0.2, 0.25) is 0 Å². The van der Waals surface area contributed by atoms with Crippen molar-refractivity contribution in [3.63, 3.8) is 0 Å². The smallest absolute Gasteiger partial charge is 0.0772 e. The molecule has 2 aromatic rings. The fourth-order valence-electron chi connectivity index (χ4n) is 2.29. The highest BCUT2D eigenvalue weighted by atomic mass is 32.2. The molecule has 1 aliphatic heterocycles. The van der Waals surface area contributed by atoms with E-state index in [4.69, 9.17) is 0 Å². The van der Waals surface area contributed by atoms with Gasteiger partial charge in [0.05, 0.1) is 16.8 Å². The minimum atomic E-state index is -0.884. The lowest BCUT2D eigenvalue weighted by atomic mass is 10.1. The Morgan fingerprint density at radius 1 is 1.21 bits per heavy atom. The molecule has 19 heavy (non-hydrogen) atoms. The van der Waals surface area contributed by atoms with Crippen molar-refractivity contribution < 1.29 is 4.21 Å². The molecule has 5 heteroatoms. The summed E-state index contributed by atoms with van der Waals surface area (Å²) in [5, 5.41) is 4.25. The zero-order valence-electron chi connectivity index (χ0n) is 10.7. The third kappa shape index (κ3) is 2.93. The molecular weight excluding hydrogens is 258 g/mol. The van der Waals surface area contributed by atoms with Gasteiger partial charge < -0.3 is 0 Å². The SMILES string of the molecule is O=S(CCN1CC(n2cccn2)C1)c1ccccc1. The highest BCUT2D eigenvalue weighted by Gasteiger charge is 2.28. The molecule has 1 atom stereocenters. The third-order valence-corrected chi connectivity index (χ3v) is 4.79. The summed E-state index contributed by atoms with van der Waals surface area (Å²) in [7, 11) is -0.884. The molecule has 0 aliphatic carbocycles. The van der Waals surface area contributed by atoms with Gasteiger partial charge in [-0.25, -0.2) is 0 Å². The molecule has 1 unspecified atom stereocenters. The average molecular weight is 275 g/mol. The van der Waals surface area contributed by atoms with Gasteiger partial charge in [-0.05, 0) is 18.2 Å². The van der Waals surface area contributed by atoms with Crippen molar-refractivity contribution in [3.05, 3.63) is 48.8 Å². The molecule has 2 heterocycles. The number of rotatable bonds is 5. The monoisotopic (exact) mass is 275 g/mol. The standard InChI is InChI=1S/C14H17N3OS/c18-19(14-5-2-1-3-6-14)10-9-16-11-13(12-16)17-8-4-7-15-17/h1-8,13H,9-12H2. The second kappa shape index (κ2) is 5.67. The third-order valence-electron chi connectivity index (χ3n) is 3.44. The van der Waals surface area contributed by atoms with Crippen LogP contribution in [0.5, 0.6) is 0 Å². The molecule has 1 aromatic heterocycles. The Bertz CT molecular complexity index is 535. The summed E-state index contributed by atoms with van der Waals surface area (Å²) in [6.07, 6.45) is 3.82. The van der Waals surface area contributed by atoms with E-state index in [2.05, 4.69) is 10.00 Å². The molecule has 1 saturated heterocycles. The van der Waals surface area contributed by atoms with Crippen LogP contribution in [-0.4, -0.2) is 44.3 Å². The molecule has 3 rings (SSSR count). The van der Waals surface area contributed by atoms with Crippen molar-refractivity contribution in [2.24, 2.45) is 0 Å². The van der Waals surface area contributed by atoms with Crippen LogP contribution in [0, 0.1) is 0 Å². The molecule has 0 radical (unpaired) electrons. The van der Waals surface area contributed by atoms with Crippen LogP contribution in [-0.2, 0) is 10.8 Å². The maximum atomic E-state index is 12.1. The van der Waals surface area contributed by atoms with Crippen molar-refractivity contribution in [2.45, 2.75) is 10.9 Å². The second-order valence-electron chi connectivity index (χ2n) is 4.76. The fourth-order valence-corrected chi connectivity index (χ4v) is 3.41. The van der Waals surface area contributed by atoms with Crippen LogP contribution in [0.3, 0.4) is 0 Å². The molecule has 0 N–H and O–H groups in total. The molecule has 4 nitrogen and oxygen atoms in total. The Kier molecular flexibility index (Phi) is 3.75. The molecule has 100 valence electrons. The summed E-state index contributed by atoms with van der Waals surface area (Å²) in [6, 6.07) is 12.1. The van der Waals surface area contributed by atoms with Crippen LogP contribution in [0.4, 0.5) is 0 Å². The zero-order valence-corrected chi connectivity index (χ0v) is 11.5. The fraction of sp³-hybridized carbons (Fsp3) is 0.357. The predicted octanol–water partition coefficient (Wildman–Crippen LogP) is 1.55. The molecule has 1 aromatic carbocycles. The average Bonchev–Trinajstić information content (AvgIpc) is 2.91. The maximum Gasteiger partial charge on any atom is 0.0772 e. The number of nitrogens with zero attached hydrogens (tertiary/aromatic N) is 3. The first-order valence-electron chi connectivity index (χ1n) is 6.48. The number of aromatic nitrogens is 2. The highest BCUT2D eigenvalue weighted by Crippen LogP contribution is 2.19. The van der Waals surface area contributed by atoms with E-state index in [1.54, 1.807) is 0 Å². The molecule has 0 bridgehead atoms. The van der Waals surface area contributed by atoms with Gasteiger partial charge in [-0.15, -0.1) is 0 Å². The minimum Gasteiger partial charge on any atom is -0.298 e. The first kappa shape index (κ1) is 12.6. The largest absolute Gasteiger partial charge is 0.298 e. The number of likely N-dealkylation sites (tertiary alicyclic amines) is 1. The minimum absolute atomic E-state index is 0.486. The predicted molar refractivity (Wildman–Crippen MR) is 75.4 cm³/mol. The van der Waals surface area contributed by atoms with E-state index in [1.165, 1.54) is 0 Å². The number of hydrogen-bond donors (Lipinski definition) is 0. The quantitative estimate of drug-likeness (QED) is 0.831. The molecule has 0 spiro atoms. The van der Waals surface area contributed by atoms with Crippen LogP contribution in [0.1, 0.15) is 6.04 Å². The van der Waals surface area contributed by atoms with Gasteiger partial charge in [0, 0.05) is 42.7 Å². The van der Waals surface area contributed by atoms with Crippen molar-refractivity contribution in [1.29, 1.82) is 0 Å². The van der Waals surface area contributed by atoms with Crippen LogP contribution in [0.2, 0.25) is 0 Å². The lowest BCUT2D eigenvalue weighted by Gasteiger charge is -2.39. The summed E-state index contributed by atoms with van der Waals surface area (Å²) in [5.41, 5.74) is 0. The summed E-state index contributed by atoms with van der Waals surface area (Å²) < 4.78 is 14.1. The van der Waals surface area contributed by atoms with E-state index in [-0.39, 0.29) is 0 Å². The molecule has 0 amide bonds. The Morgan fingerprint density at radius 2 is 2.00 bits per heavy atom. The Balaban J connectivity index is 1.44. The summed E-state index contributed by atoms with van der Waals surface area (Å²) >= 11 is 0. The lowest BCUT2D eigenvalue weighted by Crippen LogP contribution is -2.49. The van der Waals surface area contributed by atoms with Crippen molar-refractivity contribution in [2.75, 3.05) is 25.4 Å². The van der Waals surface area contributed by atoms with E-state index < -0.39 is 10.8 Å². The van der Waals surface area contributed by atoms with Gasteiger partial charge >= 0.3 is 0 Å². The van der Waals surface area contributed by atoms with E-state index >= 15 is 0 Å². The van der Waals surface area contributed by atoms with E-state index in [1.807, 2.05) is 53.5 Å². The maximum absolute atomic E-state index is 12.1. The number of benzene rings is 1. The summed E-state index contributed by atoms with van der Waals surface area (Å²) in [5.74, 6) is 0.704. The summed E-state index contributed by atoms with van der Waals surface area (Å²) in [4.78, 5) is 3.25. The van der Waals surface area contributed by atoms with Gasteiger partial charge in [0.1, 0.15) is 0 Å². The number of hydrogen-bond acceptors (Lipinski definition) is 3. The van der Waals surface area contributed by atoms with Gasteiger partial charge in [0.15, 0.2) is 0 Å². The van der Waals surface area contributed by atoms with Crippen LogP contribution in [0.25, 0.3) is 0 Å².